The SMILES string of the molecule is CCOc1cccc2c1O[C@]1(C)C[C@H]2NC(=S)N1CCCOC. The summed E-state index contributed by atoms with van der Waals surface area (Å²) < 4.78 is 17.3. The van der Waals surface area contributed by atoms with Crippen molar-refractivity contribution in [3.63, 3.8) is 0 Å². The van der Waals surface area contributed by atoms with Gasteiger partial charge in [0.1, 0.15) is 0 Å². The van der Waals surface area contributed by atoms with Gasteiger partial charge in [0.2, 0.25) is 0 Å². The van der Waals surface area contributed by atoms with Gasteiger partial charge in [-0.3, -0.25) is 0 Å². The van der Waals surface area contributed by atoms with Gasteiger partial charge in [0.15, 0.2) is 22.3 Å². The Bertz CT molecular complexity index is 595. The van der Waals surface area contributed by atoms with Crippen LogP contribution < -0.4 is 14.8 Å². The van der Waals surface area contributed by atoms with Crippen LogP contribution in [0.3, 0.4) is 0 Å². The summed E-state index contributed by atoms with van der Waals surface area (Å²) in [7, 11) is 1.71. The number of thiocarbonyl (C=S) groups is 1. The molecule has 2 aliphatic rings. The first-order valence-electron chi connectivity index (χ1n) is 8.11. The van der Waals surface area contributed by atoms with Crippen LogP contribution in [0.5, 0.6) is 11.5 Å². The highest BCUT2D eigenvalue weighted by molar-refractivity contribution is 7.80. The molecule has 0 saturated carbocycles. The summed E-state index contributed by atoms with van der Waals surface area (Å²) >= 11 is 5.58. The molecule has 0 aromatic heterocycles. The van der Waals surface area contributed by atoms with Crippen molar-refractivity contribution in [1.82, 2.24) is 10.2 Å². The van der Waals surface area contributed by atoms with E-state index in [0.717, 1.165) is 41.6 Å². The minimum absolute atomic E-state index is 0.162. The fraction of sp³-hybridized carbons (Fsp3) is 0.588. The topological polar surface area (TPSA) is 43.0 Å². The van der Waals surface area contributed by atoms with Crippen LogP contribution in [0.4, 0.5) is 0 Å². The molecule has 1 fully saturated rings. The fourth-order valence-electron chi connectivity index (χ4n) is 3.38. The fourth-order valence-corrected chi connectivity index (χ4v) is 3.80. The summed E-state index contributed by atoms with van der Waals surface area (Å²) in [6.07, 6.45) is 1.75. The third-order valence-electron chi connectivity index (χ3n) is 4.43. The van der Waals surface area contributed by atoms with E-state index < -0.39 is 5.72 Å². The third kappa shape index (κ3) is 2.97. The molecule has 126 valence electrons. The normalized spacial score (nSPS) is 25.4. The minimum atomic E-state index is -0.457. The largest absolute Gasteiger partial charge is 0.490 e. The number of hydrogen-bond donors (Lipinski definition) is 1. The summed E-state index contributed by atoms with van der Waals surface area (Å²) in [4.78, 5) is 2.13. The highest BCUT2D eigenvalue weighted by atomic mass is 32.1. The maximum absolute atomic E-state index is 6.42. The molecule has 2 bridgehead atoms. The van der Waals surface area contributed by atoms with Crippen molar-refractivity contribution in [3.8, 4) is 11.5 Å². The van der Waals surface area contributed by atoms with E-state index in [1.165, 1.54) is 0 Å². The van der Waals surface area contributed by atoms with Gasteiger partial charge in [-0.05, 0) is 38.6 Å². The summed E-state index contributed by atoms with van der Waals surface area (Å²) in [6, 6.07) is 6.21. The molecule has 2 heterocycles. The Morgan fingerprint density at radius 3 is 3.04 bits per heavy atom. The number of hydrogen-bond acceptors (Lipinski definition) is 4. The summed E-state index contributed by atoms with van der Waals surface area (Å²) in [6.45, 7) is 6.21. The van der Waals surface area contributed by atoms with Gasteiger partial charge in [-0.1, -0.05) is 12.1 Å². The Kier molecular flexibility index (Phi) is 4.64. The van der Waals surface area contributed by atoms with E-state index in [4.69, 9.17) is 26.4 Å². The Morgan fingerprint density at radius 1 is 1.48 bits per heavy atom. The Hall–Kier alpha value is -1.53. The molecule has 1 aromatic rings. The molecule has 0 radical (unpaired) electrons. The Morgan fingerprint density at radius 2 is 2.30 bits per heavy atom. The number of fused-ring (bicyclic) bond motifs is 4. The van der Waals surface area contributed by atoms with Crippen LogP contribution >= 0.6 is 12.2 Å². The van der Waals surface area contributed by atoms with Gasteiger partial charge in [-0.25, -0.2) is 0 Å². The summed E-state index contributed by atoms with van der Waals surface area (Å²) in [5, 5.41) is 4.20. The average molecular weight is 336 g/mol. The van der Waals surface area contributed by atoms with E-state index in [9.17, 15) is 0 Å². The van der Waals surface area contributed by atoms with Crippen molar-refractivity contribution < 1.29 is 14.2 Å². The third-order valence-corrected chi connectivity index (χ3v) is 4.77. The van der Waals surface area contributed by atoms with Crippen molar-refractivity contribution in [2.75, 3.05) is 26.9 Å². The molecule has 3 rings (SSSR count). The van der Waals surface area contributed by atoms with Gasteiger partial charge in [0, 0.05) is 32.2 Å². The zero-order valence-electron chi connectivity index (χ0n) is 13.9. The molecule has 2 atom stereocenters. The van der Waals surface area contributed by atoms with Gasteiger partial charge in [0.25, 0.3) is 0 Å². The van der Waals surface area contributed by atoms with Crippen LogP contribution in [0.1, 0.15) is 38.3 Å². The number of benzene rings is 1. The lowest BCUT2D eigenvalue weighted by Crippen LogP contribution is -2.64. The Balaban J connectivity index is 1.91. The van der Waals surface area contributed by atoms with Gasteiger partial charge in [-0.15, -0.1) is 0 Å². The predicted molar refractivity (Wildman–Crippen MR) is 92.9 cm³/mol. The molecule has 0 unspecified atom stereocenters. The summed E-state index contributed by atoms with van der Waals surface area (Å²) in [5.74, 6) is 1.63. The van der Waals surface area contributed by atoms with E-state index in [-0.39, 0.29) is 6.04 Å². The second-order valence-electron chi connectivity index (χ2n) is 6.09. The molecule has 1 N–H and O–H groups in total. The lowest BCUT2D eigenvalue weighted by atomic mass is 9.90. The van der Waals surface area contributed by atoms with Crippen LogP contribution in [0, 0.1) is 0 Å². The maximum atomic E-state index is 6.42. The first-order chi connectivity index (χ1) is 11.1. The molecular formula is C17H24N2O3S. The van der Waals surface area contributed by atoms with Gasteiger partial charge in [-0.2, -0.15) is 0 Å². The van der Waals surface area contributed by atoms with Gasteiger partial charge < -0.3 is 24.4 Å². The van der Waals surface area contributed by atoms with E-state index in [2.05, 4.69) is 23.2 Å². The number of nitrogens with zero attached hydrogens (tertiary/aromatic N) is 1. The monoisotopic (exact) mass is 336 g/mol. The Labute approximate surface area is 142 Å². The van der Waals surface area contributed by atoms with E-state index in [1.54, 1.807) is 7.11 Å². The van der Waals surface area contributed by atoms with Crippen LogP contribution in [0.2, 0.25) is 0 Å². The molecule has 1 saturated heterocycles. The van der Waals surface area contributed by atoms with Gasteiger partial charge in [0.05, 0.1) is 12.6 Å². The number of rotatable bonds is 6. The molecule has 0 amide bonds. The molecule has 23 heavy (non-hydrogen) atoms. The molecular weight excluding hydrogens is 312 g/mol. The maximum Gasteiger partial charge on any atom is 0.184 e. The number of nitrogens with one attached hydrogen (secondary N) is 1. The number of methoxy groups -OCH3 is 1. The standard InChI is InChI=1S/C17H24N2O3S/c1-4-21-14-8-5-7-12-13-11-17(2,22-15(12)14)19(16(23)18-13)9-6-10-20-3/h5,7-8,13H,4,6,9-11H2,1-3H3,(H,18,23)/t13-,17-/m1/s1. The van der Waals surface area contributed by atoms with Crippen molar-refractivity contribution in [2.45, 2.75) is 38.5 Å². The molecule has 1 aromatic carbocycles. The number of ether oxygens (including phenoxy) is 3. The van der Waals surface area contributed by atoms with Crippen molar-refractivity contribution >= 4 is 17.3 Å². The van der Waals surface area contributed by atoms with E-state index in [0.29, 0.717) is 13.2 Å². The lowest BCUT2D eigenvalue weighted by Gasteiger charge is -2.52. The smallest absolute Gasteiger partial charge is 0.184 e. The second-order valence-corrected chi connectivity index (χ2v) is 6.48. The van der Waals surface area contributed by atoms with Crippen LogP contribution in [-0.4, -0.2) is 42.6 Å². The van der Waals surface area contributed by atoms with E-state index in [1.807, 2.05) is 19.1 Å². The molecule has 2 aliphatic heterocycles. The number of para-hydroxylation sites is 1. The van der Waals surface area contributed by atoms with Crippen molar-refractivity contribution in [1.29, 1.82) is 0 Å². The second kappa shape index (κ2) is 6.53. The summed E-state index contributed by atoms with van der Waals surface area (Å²) in [5.41, 5.74) is 0.660. The van der Waals surface area contributed by atoms with E-state index >= 15 is 0 Å². The van der Waals surface area contributed by atoms with Crippen LogP contribution in [-0.2, 0) is 4.74 Å². The molecule has 6 heteroatoms. The van der Waals surface area contributed by atoms with Crippen molar-refractivity contribution in [2.24, 2.45) is 0 Å². The van der Waals surface area contributed by atoms with Crippen LogP contribution in [0.25, 0.3) is 0 Å². The highest BCUT2D eigenvalue weighted by Crippen LogP contribution is 2.48. The first-order valence-corrected chi connectivity index (χ1v) is 8.51. The van der Waals surface area contributed by atoms with Gasteiger partial charge >= 0.3 is 0 Å². The lowest BCUT2D eigenvalue weighted by molar-refractivity contribution is -0.0715. The van der Waals surface area contributed by atoms with Crippen molar-refractivity contribution in [3.05, 3.63) is 23.8 Å². The molecule has 0 spiro atoms. The molecule has 0 aliphatic carbocycles. The highest BCUT2D eigenvalue weighted by Gasteiger charge is 2.48. The zero-order valence-corrected chi connectivity index (χ0v) is 14.7. The zero-order chi connectivity index (χ0) is 16.4. The quantitative estimate of drug-likeness (QED) is 0.636. The first kappa shape index (κ1) is 16.3. The average Bonchev–Trinajstić information content (AvgIpc) is 2.51. The predicted octanol–water partition coefficient (Wildman–Crippen LogP) is 2.85. The minimum Gasteiger partial charge on any atom is -0.490 e. The molecule has 5 nitrogen and oxygen atoms in total. The van der Waals surface area contributed by atoms with Crippen LogP contribution in [0.15, 0.2) is 18.2 Å².